The van der Waals surface area contributed by atoms with Crippen molar-refractivity contribution in [3.63, 3.8) is 0 Å². The van der Waals surface area contributed by atoms with Crippen LogP contribution in [0.3, 0.4) is 0 Å². The van der Waals surface area contributed by atoms with E-state index in [0.29, 0.717) is 24.3 Å². The summed E-state index contributed by atoms with van der Waals surface area (Å²) in [4.78, 5) is 12.6. The quantitative estimate of drug-likeness (QED) is 0.426. The summed E-state index contributed by atoms with van der Waals surface area (Å²) in [5.41, 5.74) is 0.999. The zero-order valence-electron chi connectivity index (χ0n) is 21.0. The first kappa shape index (κ1) is 27.9. The third kappa shape index (κ3) is 6.65. The lowest BCUT2D eigenvalue weighted by Crippen LogP contribution is -2.39. The van der Waals surface area contributed by atoms with Crippen molar-refractivity contribution in [1.82, 2.24) is 8.61 Å². The van der Waals surface area contributed by atoms with Gasteiger partial charge in [-0.05, 0) is 72.9 Å². The van der Waals surface area contributed by atoms with Gasteiger partial charge in [0.15, 0.2) is 0 Å². The monoisotopic (exact) mass is 559 g/mol. The van der Waals surface area contributed by atoms with Crippen molar-refractivity contribution in [1.29, 1.82) is 0 Å². The number of nitrogens with one attached hydrogen (secondary N) is 1. The van der Waals surface area contributed by atoms with Gasteiger partial charge in [-0.1, -0.05) is 37.3 Å². The molecule has 1 N–H and O–H groups in total. The van der Waals surface area contributed by atoms with Crippen LogP contribution in [0.4, 0.5) is 10.1 Å². The summed E-state index contributed by atoms with van der Waals surface area (Å²) in [5, 5.41) is 2.67. The van der Waals surface area contributed by atoms with Gasteiger partial charge < -0.3 is 5.32 Å². The second-order valence-corrected chi connectivity index (χ2v) is 13.3. The topological polar surface area (TPSA) is 104 Å². The molecule has 0 radical (unpaired) electrons. The lowest BCUT2D eigenvalue weighted by molar-refractivity contribution is -0.116. The molecule has 202 valence electrons. The number of nitrogens with zero attached hydrogens (tertiary/aromatic N) is 2. The molecule has 0 saturated carbocycles. The number of para-hydroxylation sites is 1. The molecule has 1 aliphatic heterocycles. The van der Waals surface area contributed by atoms with Gasteiger partial charge in [-0.2, -0.15) is 8.61 Å². The Kier molecular flexibility index (Phi) is 8.61. The minimum atomic E-state index is -4.22. The predicted molar refractivity (Wildman–Crippen MR) is 143 cm³/mol. The highest BCUT2D eigenvalue weighted by atomic mass is 32.2. The maximum absolute atomic E-state index is 13.6. The summed E-state index contributed by atoms with van der Waals surface area (Å²) in [5.74, 6) is -0.773. The molecule has 1 saturated heterocycles. The predicted octanol–water partition coefficient (Wildman–Crippen LogP) is 4.08. The van der Waals surface area contributed by atoms with Crippen molar-refractivity contribution in [2.24, 2.45) is 5.92 Å². The number of hydrogen-bond acceptors (Lipinski definition) is 5. The minimum absolute atomic E-state index is 0.0115. The summed E-state index contributed by atoms with van der Waals surface area (Å²) in [6, 6.07) is 19.0. The van der Waals surface area contributed by atoms with Gasteiger partial charge >= 0.3 is 0 Å². The first-order valence-electron chi connectivity index (χ1n) is 12.3. The lowest BCUT2D eigenvalue weighted by Gasteiger charge is -2.30. The second kappa shape index (κ2) is 11.7. The van der Waals surface area contributed by atoms with Crippen molar-refractivity contribution >= 4 is 31.6 Å². The molecule has 0 aliphatic carbocycles. The van der Waals surface area contributed by atoms with E-state index in [-0.39, 0.29) is 22.3 Å². The molecule has 3 aromatic carbocycles. The Balaban J connectivity index is 1.59. The number of hydrogen-bond donors (Lipinski definition) is 1. The minimum Gasteiger partial charge on any atom is -0.325 e. The number of carbonyl (C=O) groups excluding carboxylic acids is 1. The summed E-state index contributed by atoms with van der Waals surface area (Å²) < 4.78 is 69.2. The number of anilines is 1. The molecule has 4 rings (SSSR count). The zero-order valence-corrected chi connectivity index (χ0v) is 22.6. The van der Waals surface area contributed by atoms with E-state index in [1.54, 1.807) is 30.3 Å². The molecule has 1 aliphatic rings. The van der Waals surface area contributed by atoms with E-state index in [0.717, 1.165) is 17.1 Å². The molecule has 0 aromatic heterocycles. The Morgan fingerprint density at radius 1 is 0.947 bits per heavy atom. The second-order valence-electron chi connectivity index (χ2n) is 9.40. The number of rotatable bonds is 9. The fraction of sp³-hybridized carbons (Fsp3) is 0.296. The maximum atomic E-state index is 13.6. The Labute approximate surface area is 223 Å². The Morgan fingerprint density at radius 3 is 2.21 bits per heavy atom. The van der Waals surface area contributed by atoms with Crippen LogP contribution in [0.5, 0.6) is 0 Å². The summed E-state index contributed by atoms with van der Waals surface area (Å²) in [6.07, 6.45) is 1.74. The molecule has 8 nitrogen and oxygen atoms in total. The van der Waals surface area contributed by atoms with Gasteiger partial charge in [0.2, 0.25) is 26.0 Å². The highest BCUT2D eigenvalue weighted by Crippen LogP contribution is 2.26. The van der Waals surface area contributed by atoms with Gasteiger partial charge in [0.1, 0.15) is 5.82 Å². The molecule has 38 heavy (non-hydrogen) atoms. The molecule has 0 bridgehead atoms. The van der Waals surface area contributed by atoms with Crippen LogP contribution in [0.15, 0.2) is 88.7 Å². The van der Waals surface area contributed by atoms with Crippen LogP contribution in [0, 0.1) is 11.7 Å². The van der Waals surface area contributed by atoms with E-state index in [2.05, 4.69) is 5.32 Å². The highest BCUT2D eigenvalue weighted by molar-refractivity contribution is 7.89. The summed E-state index contributed by atoms with van der Waals surface area (Å²) in [6.45, 7) is 2.16. The first-order chi connectivity index (χ1) is 18.1. The third-order valence-electron chi connectivity index (χ3n) is 6.37. The van der Waals surface area contributed by atoms with Crippen LogP contribution in [0.1, 0.15) is 25.3 Å². The molecule has 3 aromatic rings. The van der Waals surface area contributed by atoms with Gasteiger partial charge in [-0.3, -0.25) is 4.79 Å². The standard InChI is InChI=1S/C27H30FN3O5S2/c1-21-6-5-17-30(18-21)37(33,34)25-13-15-26(16-14-25)38(35,36)31(19-22-9-11-23(28)12-10-22)20-27(32)29-24-7-3-2-4-8-24/h2-4,7-16,21H,5-6,17-20H2,1H3,(H,29,32). The van der Waals surface area contributed by atoms with E-state index in [4.69, 9.17) is 0 Å². The van der Waals surface area contributed by atoms with Crippen LogP contribution in [-0.2, 0) is 31.4 Å². The molecule has 1 unspecified atom stereocenters. The van der Waals surface area contributed by atoms with Crippen molar-refractivity contribution in [3.8, 4) is 0 Å². The zero-order chi connectivity index (χ0) is 27.3. The van der Waals surface area contributed by atoms with Gasteiger partial charge in [0.25, 0.3) is 0 Å². The number of piperidine rings is 1. The molecule has 1 amide bonds. The number of halogens is 1. The smallest absolute Gasteiger partial charge is 0.243 e. The van der Waals surface area contributed by atoms with E-state index in [1.807, 2.05) is 6.92 Å². The van der Waals surface area contributed by atoms with Crippen LogP contribution in [-0.4, -0.2) is 51.0 Å². The fourth-order valence-corrected chi connectivity index (χ4v) is 7.33. The first-order valence-corrected chi connectivity index (χ1v) is 15.1. The van der Waals surface area contributed by atoms with E-state index in [1.165, 1.54) is 52.8 Å². The van der Waals surface area contributed by atoms with Crippen LogP contribution < -0.4 is 5.32 Å². The Hall–Kier alpha value is -3.12. The number of amides is 1. The number of carbonyl (C=O) groups is 1. The van der Waals surface area contributed by atoms with Crippen LogP contribution >= 0.6 is 0 Å². The number of benzene rings is 3. The van der Waals surface area contributed by atoms with Gasteiger partial charge in [-0.15, -0.1) is 0 Å². The largest absolute Gasteiger partial charge is 0.325 e. The van der Waals surface area contributed by atoms with Gasteiger partial charge in [0, 0.05) is 25.3 Å². The van der Waals surface area contributed by atoms with Gasteiger partial charge in [-0.25, -0.2) is 21.2 Å². The van der Waals surface area contributed by atoms with Crippen molar-refractivity contribution in [2.75, 3.05) is 25.0 Å². The number of sulfonamides is 2. The van der Waals surface area contributed by atoms with Gasteiger partial charge in [0.05, 0.1) is 16.3 Å². The van der Waals surface area contributed by atoms with Crippen LogP contribution in [0.25, 0.3) is 0 Å². The van der Waals surface area contributed by atoms with E-state index < -0.39 is 38.3 Å². The summed E-state index contributed by atoms with van der Waals surface area (Å²) in [7, 11) is -7.98. The normalized spacial score (nSPS) is 16.9. The van der Waals surface area contributed by atoms with Crippen LogP contribution in [0.2, 0.25) is 0 Å². The molecular formula is C27H30FN3O5S2. The van der Waals surface area contributed by atoms with E-state index in [9.17, 15) is 26.0 Å². The average Bonchev–Trinajstić information content (AvgIpc) is 2.90. The molecule has 1 atom stereocenters. The summed E-state index contributed by atoms with van der Waals surface area (Å²) >= 11 is 0. The lowest BCUT2D eigenvalue weighted by atomic mass is 10.0. The average molecular weight is 560 g/mol. The fourth-order valence-electron chi connectivity index (χ4n) is 4.35. The molecule has 1 heterocycles. The Morgan fingerprint density at radius 2 is 1.58 bits per heavy atom. The van der Waals surface area contributed by atoms with Crippen molar-refractivity contribution in [2.45, 2.75) is 36.1 Å². The SMILES string of the molecule is CC1CCCN(S(=O)(=O)c2ccc(S(=O)(=O)N(CC(=O)Nc3ccccc3)Cc3ccc(F)cc3)cc2)C1. The van der Waals surface area contributed by atoms with E-state index >= 15 is 0 Å². The molecule has 1 fully saturated rings. The molecular weight excluding hydrogens is 529 g/mol. The molecule has 11 heteroatoms. The highest BCUT2D eigenvalue weighted by Gasteiger charge is 2.31. The third-order valence-corrected chi connectivity index (χ3v) is 10.1. The Bertz CT molecular complexity index is 1460. The molecule has 0 spiro atoms. The van der Waals surface area contributed by atoms with Crippen molar-refractivity contribution in [3.05, 3.63) is 90.2 Å². The maximum Gasteiger partial charge on any atom is 0.243 e. The van der Waals surface area contributed by atoms with Crippen molar-refractivity contribution < 1.29 is 26.0 Å².